The lowest BCUT2D eigenvalue weighted by atomic mass is 10.2. The van der Waals surface area contributed by atoms with E-state index in [0.717, 1.165) is 17.7 Å². The molecule has 2 heterocycles. The molecule has 2 aromatic rings. The highest BCUT2D eigenvalue weighted by Gasteiger charge is 2.25. The number of nitriles is 1. The van der Waals surface area contributed by atoms with E-state index in [9.17, 15) is 20.2 Å². The minimum atomic E-state index is -0.367. The van der Waals surface area contributed by atoms with E-state index < -0.39 is 0 Å². The molecule has 0 saturated carbocycles. The third-order valence-electron chi connectivity index (χ3n) is 6.09. The van der Waals surface area contributed by atoms with Crippen molar-refractivity contribution in [3.8, 4) is 6.07 Å². The van der Waals surface area contributed by atoms with Crippen molar-refractivity contribution in [2.24, 2.45) is 0 Å². The summed E-state index contributed by atoms with van der Waals surface area (Å²) in [6.45, 7) is 7.66. The minimum Gasteiger partial charge on any atom is -0.385 e. The van der Waals surface area contributed by atoms with Gasteiger partial charge >= 0.3 is 0 Å². The van der Waals surface area contributed by atoms with E-state index in [1.54, 1.807) is 25.3 Å². The van der Waals surface area contributed by atoms with Crippen molar-refractivity contribution in [1.82, 2.24) is 9.47 Å². The standard InChI is InChI=1S/C23H30N6O4/c1-17-18(2)28(9-6-14-33-3)23(19(17)15-24)25-22(30)16-26-10-12-27(13-11-26)20-7-4-5-8-21(20)29(31)32/h4-5,7-8H,6,9-14,16H2,1-3H3,(H,25,30). The number of nitrogens with one attached hydrogen (secondary N) is 1. The van der Waals surface area contributed by atoms with Gasteiger partial charge in [0.1, 0.15) is 17.6 Å². The normalized spacial score (nSPS) is 14.2. The number of ether oxygens (including phenoxy) is 1. The molecule has 0 atom stereocenters. The van der Waals surface area contributed by atoms with Crippen LogP contribution in [-0.2, 0) is 16.1 Å². The molecule has 1 aromatic carbocycles. The van der Waals surface area contributed by atoms with Gasteiger partial charge in [-0.05, 0) is 31.9 Å². The van der Waals surface area contributed by atoms with Crippen LogP contribution in [0.3, 0.4) is 0 Å². The molecular weight excluding hydrogens is 424 g/mol. The maximum atomic E-state index is 12.8. The second-order valence-corrected chi connectivity index (χ2v) is 8.10. The predicted molar refractivity (Wildman–Crippen MR) is 125 cm³/mol. The van der Waals surface area contributed by atoms with Crippen molar-refractivity contribution in [3.63, 3.8) is 0 Å². The summed E-state index contributed by atoms with van der Waals surface area (Å²) in [6, 6.07) is 8.94. The number of rotatable bonds is 9. The van der Waals surface area contributed by atoms with Crippen LogP contribution in [0, 0.1) is 35.3 Å². The van der Waals surface area contributed by atoms with Gasteiger partial charge < -0.3 is 19.5 Å². The van der Waals surface area contributed by atoms with Gasteiger partial charge in [0.05, 0.1) is 17.0 Å². The van der Waals surface area contributed by atoms with Gasteiger partial charge in [-0.25, -0.2) is 0 Å². The number of para-hydroxylation sites is 2. The van der Waals surface area contributed by atoms with E-state index in [-0.39, 0.29) is 23.1 Å². The van der Waals surface area contributed by atoms with Gasteiger partial charge in [0.2, 0.25) is 5.91 Å². The summed E-state index contributed by atoms with van der Waals surface area (Å²) in [7, 11) is 1.65. The molecule has 1 aromatic heterocycles. The van der Waals surface area contributed by atoms with Crippen molar-refractivity contribution in [1.29, 1.82) is 5.26 Å². The fourth-order valence-corrected chi connectivity index (χ4v) is 4.18. The molecule has 1 fully saturated rings. The Balaban J connectivity index is 1.63. The third-order valence-corrected chi connectivity index (χ3v) is 6.09. The quantitative estimate of drug-likeness (QED) is 0.352. The van der Waals surface area contributed by atoms with Gasteiger partial charge in [0, 0.05) is 58.2 Å². The molecular formula is C23H30N6O4. The zero-order valence-corrected chi connectivity index (χ0v) is 19.3. The monoisotopic (exact) mass is 454 g/mol. The van der Waals surface area contributed by atoms with Crippen LogP contribution in [0.2, 0.25) is 0 Å². The van der Waals surface area contributed by atoms with Gasteiger partial charge in [-0.15, -0.1) is 0 Å². The van der Waals surface area contributed by atoms with Crippen molar-refractivity contribution < 1.29 is 14.5 Å². The Labute approximate surface area is 193 Å². The molecule has 3 rings (SSSR count). The summed E-state index contributed by atoms with van der Waals surface area (Å²) in [5.41, 5.74) is 3.00. The maximum absolute atomic E-state index is 12.8. The molecule has 1 amide bonds. The number of carbonyl (C=O) groups is 1. The average molecular weight is 455 g/mol. The SMILES string of the molecule is COCCCn1c(C)c(C)c(C#N)c1NC(=O)CN1CCN(c2ccccc2[N+](=O)[O-])CC1. The van der Waals surface area contributed by atoms with Crippen LogP contribution in [0.25, 0.3) is 0 Å². The molecule has 0 spiro atoms. The Morgan fingerprint density at radius 2 is 1.94 bits per heavy atom. The first-order valence-electron chi connectivity index (χ1n) is 11.0. The van der Waals surface area contributed by atoms with Gasteiger partial charge in [-0.2, -0.15) is 5.26 Å². The number of piperazine rings is 1. The molecule has 1 N–H and O–H groups in total. The summed E-state index contributed by atoms with van der Waals surface area (Å²) in [5, 5.41) is 23.9. The van der Waals surface area contributed by atoms with Crippen LogP contribution in [0.15, 0.2) is 24.3 Å². The van der Waals surface area contributed by atoms with E-state index in [1.807, 2.05) is 28.2 Å². The number of anilines is 2. The lowest BCUT2D eigenvalue weighted by Gasteiger charge is -2.35. The highest BCUT2D eigenvalue weighted by Crippen LogP contribution is 2.29. The van der Waals surface area contributed by atoms with Gasteiger partial charge in [-0.1, -0.05) is 12.1 Å². The Kier molecular flexibility index (Phi) is 8.03. The summed E-state index contributed by atoms with van der Waals surface area (Å²) < 4.78 is 7.11. The highest BCUT2D eigenvalue weighted by atomic mass is 16.6. The fraction of sp³-hybridized carbons (Fsp3) is 0.478. The first kappa shape index (κ1) is 24.2. The van der Waals surface area contributed by atoms with Crippen LogP contribution in [0.1, 0.15) is 23.2 Å². The van der Waals surface area contributed by atoms with Gasteiger partial charge in [-0.3, -0.25) is 19.8 Å². The number of aromatic nitrogens is 1. The summed E-state index contributed by atoms with van der Waals surface area (Å²) in [6.07, 6.45) is 0.771. The lowest BCUT2D eigenvalue weighted by Crippen LogP contribution is -2.48. The van der Waals surface area contributed by atoms with Crippen LogP contribution in [0.4, 0.5) is 17.2 Å². The smallest absolute Gasteiger partial charge is 0.292 e. The van der Waals surface area contributed by atoms with E-state index in [0.29, 0.717) is 56.4 Å². The average Bonchev–Trinajstić information content (AvgIpc) is 3.03. The van der Waals surface area contributed by atoms with Crippen LogP contribution in [-0.4, -0.2) is 66.7 Å². The first-order chi connectivity index (χ1) is 15.9. The Bertz CT molecular complexity index is 1050. The molecule has 10 nitrogen and oxygen atoms in total. The van der Waals surface area contributed by atoms with E-state index in [1.165, 1.54) is 6.07 Å². The number of hydrogen-bond donors (Lipinski definition) is 1. The number of nitrogens with zero attached hydrogens (tertiary/aromatic N) is 5. The van der Waals surface area contributed by atoms with Gasteiger partial charge in [0.15, 0.2) is 0 Å². The largest absolute Gasteiger partial charge is 0.385 e. The van der Waals surface area contributed by atoms with Crippen LogP contribution < -0.4 is 10.2 Å². The second kappa shape index (κ2) is 10.9. The minimum absolute atomic E-state index is 0.0905. The van der Waals surface area contributed by atoms with Crippen LogP contribution >= 0.6 is 0 Å². The number of methoxy groups -OCH3 is 1. The van der Waals surface area contributed by atoms with E-state index >= 15 is 0 Å². The molecule has 0 unspecified atom stereocenters. The Morgan fingerprint density at radius 3 is 2.58 bits per heavy atom. The zero-order chi connectivity index (χ0) is 24.0. The molecule has 33 heavy (non-hydrogen) atoms. The third kappa shape index (κ3) is 5.50. The number of amides is 1. The van der Waals surface area contributed by atoms with Crippen molar-refractivity contribution >= 4 is 23.1 Å². The van der Waals surface area contributed by atoms with Crippen molar-refractivity contribution in [2.75, 3.05) is 56.7 Å². The number of carbonyl (C=O) groups excluding carboxylic acids is 1. The lowest BCUT2D eigenvalue weighted by molar-refractivity contribution is -0.384. The van der Waals surface area contributed by atoms with Crippen LogP contribution in [0.5, 0.6) is 0 Å². The number of nitro groups is 1. The molecule has 176 valence electrons. The molecule has 10 heteroatoms. The van der Waals surface area contributed by atoms with Crippen molar-refractivity contribution in [2.45, 2.75) is 26.8 Å². The fourth-order valence-electron chi connectivity index (χ4n) is 4.18. The second-order valence-electron chi connectivity index (χ2n) is 8.10. The Morgan fingerprint density at radius 1 is 1.24 bits per heavy atom. The highest BCUT2D eigenvalue weighted by molar-refractivity contribution is 5.93. The maximum Gasteiger partial charge on any atom is 0.292 e. The molecule has 1 aliphatic heterocycles. The van der Waals surface area contributed by atoms with Gasteiger partial charge in [0.25, 0.3) is 5.69 Å². The summed E-state index contributed by atoms with van der Waals surface area (Å²) in [5.74, 6) is 0.350. The number of benzene rings is 1. The molecule has 1 aliphatic rings. The number of hydrogen-bond acceptors (Lipinski definition) is 7. The first-order valence-corrected chi connectivity index (χ1v) is 11.0. The summed E-state index contributed by atoms with van der Waals surface area (Å²) in [4.78, 5) is 27.8. The molecule has 1 saturated heterocycles. The number of nitro benzene ring substituents is 1. The summed E-state index contributed by atoms with van der Waals surface area (Å²) >= 11 is 0. The molecule has 0 bridgehead atoms. The Hall–Kier alpha value is -3.42. The molecule has 0 radical (unpaired) electrons. The van der Waals surface area contributed by atoms with Crippen molar-refractivity contribution in [3.05, 3.63) is 51.2 Å². The zero-order valence-electron chi connectivity index (χ0n) is 19.3. The molecule has 0 aliphatic carbocycles. The van der Waals surface area contributed by atoms with E-state index in [2.05, 4.69) is 11.4 Å². The van der Waals surface area contributed by atoms with E-state index in [4.69, 9.17) is 4.74 Å². The topological polar surface area (TPSA) is 117 Å². The predicted octanol–water partition coefficient (Wildman–Crippen LogP) is 2.68.